The van der Waals surface area contributed by atoms with Crippen molar-refractivity contribution in [2.75, 3.05) is 0 Å². The summed E-state index contributed by atoms with van der Waals surface area (Å²) in [6, 6.07) is 15.2. The average Bonchev–Trinajstić information content (AvgIpc) is 3.41. The molecule has 2 aromatic carbocycles. The number of rotatable bonds is 8. The topological polar surface area (TPSA) is 95.1 Å². The van der Waals surface area contributed by atoms with Crippen LogP contribution in [0, 0.1) is 13.8 Å². The summed E-state index contributed by atoms with van der Waals surface area (Å²) >= 11 is 0. The number of hydrogen-bond acceptors (Lipinski definition) is 6. The van der Waals surface area contributed by atoms with Crippen LogP contribution in [0.5, 0.6) is 5.75 Å². The van der Waals surface area contributed by atoms with Crippen LogP contribution in [-0.2, 0) is 19.7 Å². The molecular weight excluding hydrogens is 394 g/mol. The number of benzene rings is 2. The Balaban J connectivity index is 1.36. The molecule has 0 saturated carbocycles. The summed E-state index contributed by atoms with van der Waals surface area (Å²) in [6.45, 7) is 5.07. The Morgan fingerprint density at radius 3 is 2.58 bits per heavy atom. The highest BCUT2D eigenvalue weighted by Gasteiger charge is 2.14. The van der Waals surface area contributed by atoms with Crippen molar-refractivity contribution in [2.24, 2.45) is 0 Å². The van der Waals surface area contributed by atoms with Gasteiger partial charge in [0.05, 0.1) is 23.4 Å². The highest BCUT2D eigenvalue weighted by atomic mass is 16.5. The third-order valence-electron chi connectivity index (χ3n) is 4.97. The monoisotopic (exact) mass is 417 g/mol. The Kier molecular flexibility index (Phi) is 6.07. The van der Waals surface area contributed by atoms with Crippen LogP contribution in [0.2, 0.25) is 0 Å². The van der Waals surface area contributed by atoms with Gasteiger partial charge in [0.2, 0.25) is 0 Å². The molecule has 4 rings (SSSR count). The van der Waals surface area contributed by atoms with Gasteiger partial charge in [0.15, 0.2) is 0 Å². The van der Waals surface area contributed by atoms with Crippen LogP contribution in [0.4, 0.5) is 0 Å². The van der Waals surface area contributed by atoms with Gasteiger partial charge >= 0.3 is 0 Å². The van der Waals surface area contributed by atoms with Gasteiger partial charge in [-0.15, -0.1) is 0 Å². The fourth-order valence-corrected chi connectivity index (χ4v) is 3.18. The molecule has 2 aromatic heterocycles. The minimum Gasteiger partial charge on any atom is -0.488 e. The summed E-state index contributed by atoms with van der Waals surface area (Å²) in [5.74, 6) is 1.04. The van der Waals surface area contributed by atoms with Crippen molar-refractivity contribution in [1.82, 2.24) is 25.2 Å². The summed E-state index contributed by atoms with van der Waals surface area (Å²) in [6.07, 6.45) is 3.19. The average molecular weight is 417 g/mol. The van der Waals surface area contributed by atoms with Gasteiger partial charge in [0.1, 0.15) is 30.8 Å². The van der Waals surface area contributed by atoms with Crippen molar-refractivity contribution in [3.8, 4) is 5.75 Å². The van der Waals surface area contributed by atoms with Gasteiger partial charge in [-0.2, -0.15) is 5.10 Å². The molecular formula is C23H23N5O3. The third-order valence-corrected chi connectivity index (χ3v) is 4.97. The summed E-state index contributed by atoms with van der Waals surface area (Å²) < 4.78 is 12.8. The van der Waals surface area contributed by atoms with E-state index in [0.29, 0.717) is 36.8 Å². The maximum Gasteiger partial charge on any atom is 0.255 e. The molecule has 2 heterocycles. The lowest BCUT2D eigenvalue weighted by molar-refractivity contribution is 0.0946. The molecule has 8 heteroatoms. The minimum absolute atomic E-state index is 0.193. The molecule has 0 fully saturated rings. The second-order valence-electron chi connectivity index (χ2n) is 7.18. The van der Waals surface area contributed by atoms with Crippen molar-refractivity contribution in [3.63, 3.8) is 0 Å². The van der Waals surface area contributed by atoms with Crippen molar-refractivity contribution in [2.45, 2.75) is 33.5 Å². The summed E-state index contributed by atoms with van der Waals surface area (Å²) in [4.78, 5) is 16.7. The number of aryl methyl sites for hydroxylation is 2. The van der Waals surface area contributed by atoms with Gasteiger partial charge < -0.3 is 14.6 Å². The normalized spacial score (nSPS) is 10.8. The van der Waals surface area contributed by atoms with Gasteiger partial charge in [-0.05, 0) is 37.1 Å². The molecule has 8 nitrogen and oxygen atoms in total. The van der Waals surface area contributed by atoms with E-state index in [4.69, 9.17) is 9.26 Å². The van der Waals surface area contributed by atoms with Crippen LogP contribution in [0.15, 0.2) is 65.7 Å². The van der Waals surface area contributed by atoms with Crippen molar-refractivity contribution < 1.29 is 14.1 Å². The predicted octanol–water partition coefficient (Wildman–Crippen LogP) is 3.44. The van der Waals surface area contributed by atoms with Gasteiger partial charge in [-0.3, -0.25) is 4.79 Å². The number of hydrogen-bond donors (Lipinski definition) is 1. The van der Waals surface area contributed by atoms with Crippen LogP contribution >= 0.6 is 0 Å². The quantitative estimate of drug-likeness (QED) is 0.472. The van der Waals surface area contributed by atoms with E-state index >= 15 is 0 Å². The summed E-state index contributed by atoms with van der Waals surface area (Å²) in [7, 11) is 0. The highest BCUT2D eigenvalue weighted by molar-refractivity contribution is 5.96. The van der Waals surface area contributed by atoms with E-state index in [-0.39, 0.29) is 5.91 Å². The number of carbonyl (C=O) groups is 1. The first-order chi connectivity index (χ1) is 15.1. The number of para-hydroxylation sites is 1. The minimum atomic E-state index is -0.193. The Hall–Kier alpha value is -3.94. The van der Waals surface area contributed by atoms with E-state index in [1.165, 1.54) is 6.33 Å². The van der Waals surface area contributed by atoms with Crippen molar-refractivity contribution in [1.29, 1.82) is 0 Å². The second-order valence-corrected chi connectivity index (χ2v) is 7.18. The zero-order valence-electron chi connectivity index (χ0n) is 17.4. The predicted molar refractivity (Wildman–Crippen MR) is 113 cm³/mol. The van der Waals surface area contributed by atoms with E-state index in [0.717, 1.165) is 22.4 Å². The van der Waals surface area contributed by atoms with Crippen LogP contribution in [0.3, 0.4) is 0 Å². The van der Waals surface area contributed by atoms with E-state index in [2.05, 4.69) is 20.6 Å². The van der Waals surface area contributed by atoms with Crippen LogP contribution < -0.4 is 10.1 Å². The zero-order chi connectivity index (χ0) is 21.6. The van der Waals surface area contributed by atoms with Gasteiger partial charge in [0.25, 0.3) is 5.91 Å². The standard InChI is InChI=1S/C23H23N5O3/c1-16-21(17(2)31-27-16)13-30-22-6-4-3-5-20(22)23(29)25-11-18-7-9-19(10-8-18)12-28-15-24-14-26-28/h3-10,14-15H,11-13H2,1-2H3,(H,25,29). The summed E-state index contributed by atoms with van der Waals surface area (Å²) in [5.41, 5.74) is 4.27. The van der Waals surface area contributed by atoms with Crippen LogP contribution in [0.1, 0.15) is 38.5 Å². The molecule has 0 aliphatic rings. The fraction of sp³-hybridized carbons (Fsp3) is 0.217. The molecule has 4 aromatic rings. The molecule has 0 atom stereocenters. The first-order valence-corrected chi connectivity index (χ1v) is 9.92. The number of aromatic nitrogens is 4. The molecule has 158 valence electrons. The van der Waals surface area contributed by atoms with Gasteiger partial charge in [-0.25, -0.2) is 9.67 Å². The van der Waals surface area contributed by atoms with Gasteiger partial charge in [0, 0.05) is 6.54 Å². The van der Waals surface area contributed by atoms with E-state index in [1.54, 1.807) is 23.1 Å². The largest absolute Gasteiger partial charge is 0.488 e. The Labute approximate surface area is 179 Å². The van der Waals surface area contributed by atoms with E-state index in [9.17, 15) is 4.79 Å². The van der Waals surface area contributed by atoms with Crippen molar-refractivity contribution >= 4 is 5.91 Å². The maximum absolute atomic E-state index is 12.8. The summed E-state index contributed by atoms with van der Waals surface area (Å²) in [5, 5.41) is 11.0. The van der Waals surface area contributed by atoms with E-state index < -0.39 is 0 Å². The third kappa shape index (κ3) is 4.98. The van der Waals surface area contributed by atoms with Gasteiger partial charge in [-0.1, -0.05) is 41.6 Å². The number of nitrogens with one attached hydrogen (secondary N) is 1. The number of ether oxygens (including phenoxy) is 1. The molecule has 0 aliphatic carbocycles. The number of carbonyl (C=O) groups excluding carboxylic acids is 1. The number of amides is 1. The smallest absolute Gasteiger partial charge is 0.255 e. The lowest BCUT2D eigenvalue weighted by atomic mass is 10.1. The lowest BCUT2D eigenvalue weighted by Gasteiger charge is -2.12. The van der Waals surface area contributed by atoms with E-state index in [1.807, 2.05) is 50.2 Å². The molecule has 31 heavy (non-hydrogen) atoms. The molecule has 0 spiro atoms. The molecule has 1 N–H and O–H groups in total. The Morgan fingerprint density at radius 1 is 1.10 bits per heavy atom. The number of nitrogens with zero attached hydrogens (tertiary/aromatic N) is 4. The first kappa shape index (κ1) is 20.3. The SMILES string of the molecule is Cc1noc(C)c1COc1ccccc1C(=O)NCc1ccc(Cn2cncn2)cc1. The molecule has 0 bridgehead atoms. The van der Waals surface area contributed by atoms with Crippen LogP contribution in [0.25, 0.3) is 0 Å². The maximum atomic E-state index is 12.8. The Morgan fingerprint density at radius 2 is 1.87 bits per heavy atom. The fourth-order valence-electron chi connectivity index (χ4n) is 3.18. The molecule has 1 amide bonds. The Bertz CT molecular complexity index is 1130. The lowest BCUT2D eigenvalue weighted by Crippen LogP contribution is -2.23. The molecule has 0 saturated heterocycles. The second kappa shape index (κ2) is 9.25. The molecule has 0 unspecified atom stereocenters. The highest BCUT2D eigenvalue weighted by Crippen LogP contribution is 2.21. The first-order valence-electron chi connectivity index (χ1n) is 9.92. The zero-order valence-corrected chi connectivity index (χ0v) is 17.4. The van der Waals surface area contributed by atoms with Crippen LogP contribution in [-0.4, -0.2) is 25.8 Å². The van der Waals surface area contributed by atoms with Crippen molar-refractivity contribution in [3.05, 3.63) is 94.9 Å². The molecule has 0 aliphatic heterocycles. The molecule has 0 radical (unpaired) electrons.